The summed E-state index contributed by atoms with van der Waals surface area (Å²) in [5.74, 6) is 0. The molecule has 3 aromatic heterocycles. The first-order valence-corrected chi connectivity index (χ1v) is 8.76. The van der Waals surface area contributed by atoms with Crippen molar-refractivity contribution in [3.8, 4) is 0 Å². The maximum absolute atomic E-state index is 12.8. The summed E-state index contributed by atoms with van der Waals surface area (Å²) < 4.78 is 31.5. The quantitative estimate of drug-likeness (QED) is 0.519. The minimum absolute atomic E-state index is 0.153. The Morgan fingerprint density at radius 2 is 1.95 bits per heavy atom. The fourth-order valence-electron chi connectivity index (χ4n) is 2.21. The molecule has 0 saturated heterocycles. The molecule has 4 rings (SSSR count). The van der Waals surface area contributed by atoms with Crippen LogP contribution in [-0.2, 0) is 10.0 Å². The highest BCUT2D eigenvalue weighted by Gasteiger charge is 2.20. The minimum atomic E-state index is -3.73. The lowest BCUT2D eigenvalue weighted by atomic mass is 10.3. The number of fused-ring (bicyclic) bond motifs is 2. The number of benzene rings is 1. The Labute approximate surface area is 134 Å². The average molecular weight is 351 g/mol. The fraction of sp³-hybridized carbons (Fsp3) is 0. The molecule has 0 atom stereocenters. The Kier molecular flexibility index (Phi) is 2.93. The molecule has 0 unspecified atom stereocenters. The third kappa shape index (κ3) is 1.99. The van der Waals surface area contributed by atoms with Gasteiger partial charge in [0.05, 0.1) is 20.6 Å². The van der Waals surface area contributed by atoms with Crippen molar-refractivity contribution in [1.82, 2.24) is 18.5 Å². The first-order chi connectivity index (χ1) is 10.6. The Balaban J connectivity index is 1.95. The Bertz CT molecular complexity index is 1120. The van der Waals surface area contributed by atoms with E-state index in [1.165, 1.54) is 27.8 Å². The van der Waals surface area contributed by atoms with E-state index in [0.29, 0.717) is 21.7 Å². The van der Waals surface area contributed by atoms with Crippen molar-refractivity contribution in [2.24, 2.45) is 0 Å². The number of rotatable bonds is 2. The van der Waals surface area contributed by atoms with Crippen molar-refractivity contribution in [1.29, 1.82) is 0 Å². The van der Waals surface area contributed by atoms with Gasteiger partial charge in [-0.3, -0.25) is 0 Å². The number of aromatic nitrogens is 4. The molecule has 3 heterocycles. The standard InChI is InChI=1S/C13H7ClN4O2S2/c14-13-4-2-11-9(15-13)5-6-18(11)22(19,20)8-1-3-12-10(7-8)16-17-21-12/h1-7H. The zero-order valence-corrected chi connectivity index (χ0v) is 13.2. The molecule has 0 spiro atoms. The van der Waals surface area contributed by atoms with Crippen LogP contribution in [0.5, 0.6) is 0 Å². The SMILES string of the molecule is O=S(=O)(c1ccc2snnc2c1)n1ccc2nc(Cl)ccc21. The molecular formula is C13H7ClN4O2S2. The van der Waals surface area contributed by atoms with Crippen LogP contribution >= 0.6 is 23.1 Å². The van der Waals surface area contributed by atoms with Crippen molar-refractivity contribution in [2.75, 3.05) is 0 Å². The van der Waals surface area contributed by atoms with Crippen LogP contribution in [0.15, 0.2) is 47.5 Å². The van der Waals surface area contributed by atoms with E-state index in [4.69, 9.17) is 11.6 Å². The van der Waals surface area contributed by atoms with Gasteiger partial charge < -0.3 is 0 Å². The fourth-order valence-corrected chi connectivity index (χ4v) is 4.27. The van der Waals surface area contributed by atoms with Crippen molar-refractivity contribution in [2.45, 2.75) is 4.90 Å². The Morgan fingerprint density at radius 1 is 1.09 bits per heavy atom. The van der Waals surface area contributed by atoms with Crippen molar-refractivity contribution >= 4 is 54.4 Å². The van der Waals surface area contributed by atoms with Gasteiger partial charge in [0.1, 0.15) is 10.7 Å². The zero-order valence-electron chi connectivity index (χ0n) is 10.8. The molecule has 0 aliphatic carbocycles. The predicted octanol–water partition coefficient (Wildman–Crippen LogP) is 2.93. The van der Waals surface area contributed by atoms with E-state index in [9.17, 15) is 8.42 Å². The number of halogens is 1. The topological polar surface area (TPSA) is 77.7 Å². The first kappa shape index (κ1) is 13.6. The van der Waals surface area contributed by atoms with E-state index >= 15 is 0 Å². The second-order valence-electron chi connectivity index (χ2n) is 4.56. The van der Waals surface area contributed by atoms with Crippen LogP contribution in [0, 0.1) is 0 Å². The lowest BCUT2D eigenvalue weighted by Gasteiger charge is -2.07. The van der Waals surface area contributed by atoms with Gasteiger partial charge in [0.15, 0.2) is 0 Å². The molecule has 4 aromatic rings. The second kappa shape index (κ2) is 4.73. The van der Waals surface area contributed by atoms with Crippen molar-refractivity contribution in [3.63, 3.8) is 0 Å². The van der Waals surface area contributed by atoms with Gasteiger partial charge in [-0.25, -0.2) is 17.4 Å². The number of pyridine rings is 1. The molecule has 1 aromatic carbocycles. The van der Waals surface area contributed by atoms with Crippen LogP contribution < -0.4 is 0 Å². The zero-order chi connectivity index (χ0) is 15.3. The molecule has 0 N–H and O–H groups in total. The van der Waals surface area contributed by atoms with Crippen LogP contribution in [0.4, 0.5) is 0 Å². The summed E-state index contributed by atoms with van der Waals surface area (Å²) in [6.45, 7) is 0. The molecule has 9 heteroatoms. The highest BCUT2D eigenvalue weighted by molar-refractivity contribution is 7.90. The summed E-state index contributed by atoms with van der Waals surface area (Å²) in [5, 5.41) is 4.23. The molecule has 0 bridgehead atoms. The van der Waals surface area contributed by atoms with Crippen LogP contribution in [0.1, 0.15) is 0 Å². The second-order valence-corrected chi connectivity index (χ2v) is 7.55. The third-order valence-electron chi connectivity index (χ3n) is 3.25. The molecule has 6 nitrogen and oxygen atoms in total. The number of nitrogens with zero attached hydrogens (tertiary/aromatic N) is 4. The van der Waals surface area contributed by atoms with Gasteiger partial charge in [-0.2, -0.15) is 0 Å². The lowest BCUT2D eigenvalue weighted by Crippen LogP contribution is -2.11. The maximum Gasteiger partial charge on any atom is 0.268 e. The van der Waals surface area contributed by atoms with Crippen LogP contribution in [-0.4, -0.2) is 27.0 Å². The summed E-state index contributed by atoms with van der Waals surface area (Å²) in [6, 6.07) is 9.57. The van der Waals surface area contributed by atoms with Gasteiger partial charge in [-0.15, -0.1) is 5.10 Å². The van der Waals surface area contributed by atoms with E-state index in [2.05, 4.69) is 14.6 Å². The highest BCUT2D eigenvalue weighted by Crippen LogP contribution is 2.25. The van der Waals surface area contributed by atoms with Gasteiger partial charge in [0.2, 0.25) is 0 Å². The van der Waals surface area contributed by atoms with Gasteiger partial charge in [-0.05, 0) is 47.9 Å². The molecule has 110 valence electrons. The molecule has 0 saturated carbocycles. The Hall–Kier alpha value is -2.03. The molecule has 0 aliphatic heterocycles. The van der Waals surface area contributed by atoms with Crippen molar-refractivity contribution in [3.05, 3.63) is 47.7 Å². The summed E-state index contributed by atoms with van der Waals surface area (Å²) >= 11 is 7.05. The van der Waals surface area contributed by atoms with E-state index in [1.54, 1.807) is 30.3 Å². The largest absolute Gasteiger partial charge is 0.268 e. The Morgan fingerprint density at radius 3 is 2.82 bits per heavy atom. The smallest absolute Gasteiger partial charge is 0.240 e. The number of hydrogen-bond acceptors (Lipinski definition) is 6. The third-order valence-corrected chi connectivity index (χ3v) is 5.85. The van der Waals surface area contributed by atoms with Crippen LogP contribution in [0.3, 0.4) is 0 Å². The van der Waals surface area contributed by atoms with E-state index in [1.807, 2.05) is 0 Å². The summed E-state index contributed by atoms with van der Waals surface area (Å²) in [7, 11) is -3.73. The molecule has 0 amide bonds. The lowest BCUT2D eigenvalue weighted by molar-refractivity contribution is 0.589. The summed E-state index contributed by atoms with van der Waals surface area (Å²) in [4.78, 5) is 4.26. The van der Waals surface area contributed by atoms with Gasteiger partial charge in [0.25, 0.3) is 10.0 Å². The van der Waals surface area contributed by atoms with Crippen LogP contribution in [0.25, 0.3) is 21.3 Å². The van der Waals surface area contributed by atoms with Crippen LogP contribution in [0.2, 0.25) is 5.15 Å². The average Bonchev–Trinajstić information content (AvgIpc) is 3.12. The van der Waals surface area contributed by atoms with E-state index < -0.39 is 10.0 Å². The first-order valence-electron chi connectivity index (χ1n) is 6.17. The molecule has 0 aliphatic rings. The van der Waals surface area contributed by atoms with E-state index in [-0.39, 0.29) is 4.90 Å². The molecule has 22 heavy (non-hydrogen) atoms. The van der Waals surface area contributed by atoms with E-state index in [0.717, 1.165) is 4.70 Å². The van der Waals surface area contributed by atoms with Gasteiger partial charge in [0, 0.05) is 6.20 Å². The highest BCUT2D eigenvalue weighted by atomic mass is 35.5. The number of hydrogen-bond donors (Lipinski definition) is 0. The molecule has 0 fully saturated rings. The predicted molar refractivity (Wildman–Crippen MR) is 84.7 cm³/mol. The van der Waals surface area contributed by atoms with Gasteiger partial charge in [-0.1, -0.05) is 16.1 Å². The molecular weight excluding hydrogens is 344 g/mol. The maximum atomic E-state index is 12.8. The monoisotopic (exact) mass is 350 g/mol. The van der Waals surface area contributed by atoms with Gasteiger partial charge >= 0.3 is 0 Å². The summed E-state index contributed by atoms with van der Waals surface area (Å²) in [6.07, 6.45) is 1.47. The normalized spacial score (nSPS) is 12.2. The van der Waals surface area contributed by atoms with Crippen molar-refractivity contribution < 1.29 is 8.42 Å². The summed E-state index contributed by atoms with van der Waals surface area (Å²) in [5.41, 5.74) is 1.55. The minimum Gasteiger partial charge on any atom is -0.240 e. The molecule has 0 radical (unpaired) electrons.